The lowest BCUT2D eigenvalue weighted by atomic mass is 10.1. The third kappa shape index (κ3) is 3.72. The second-order valence-corrected chi connectivity index (χ2v) is 4.84. The molecule has 0 aliphatic heterocycles. The number of amidine groups is 1. The fraction of sp³-hybridized carbons (Fsp3) is 0.0714. The van der Waals surface area contributed by atoms with Gasteiger partial charge in [-0.1, -0.05) is 51.4 Å². The molecule has 0 atom stereocenters. The maximum Gasteiger partial charge on any atom is 0.170 e. The van der Waals surface area contributed by atoms with Crippen molar-refractivity contribution in [3.8, 4) is 5.75 Å². The minimum atomic E-state index is 0.0967. The van der Waals surface area contributed by atoms with E-state index in [1.165, 1.54) is 0 Å². The second-order valence-electron chi connectivity index (χ2n) is 3.93. The van der Waals surface area contributed by atoms with Crippen molar-refractivity contribution in [1.29, 1.82) is 0 Å². The van der Waals surface area contributed by atoms with Crippen LogP contribution in [0.25, 0.3) is 0 Å². The molecule has 98 valence electrons. The monoisotopic (exact) mass is 320 g/mol. The summed E-state index contributed by atoms with van der Waals surface area (Å²) in [4.78, 5) is 0. The average Bonchev–Trinajstić information content (AvgIpc) is 2.45. The van der Waals surface area contributed by atoms with E-state index in [9.17, 15) is 0 Å². The predicted octanol–water partition coefficient (Wildman–Crippen LogP) is 3.12. The van der Waals surface area contributed by atoms with E-state index in [-0.39, 0.29) is 5.84 Å². The van der Waals surface area contributed by atoms with Crippen LogP contribution in [-0.2, 0) is 6.61 Å². The number of halogens is 1. The zero-order chi connectivity index (χ0) is 13.7. The normalized spacial score (nSPS) is 11.3. The summed E-state index contributed by atoms with van der Waals surface area (Å²) in [5.41, 5.74) is 7.17. The van der Waals surface area contributed by atoms with Crippen molar-refractivity contribution in [2.45, 2.75) is 6.61 Å². The first-order valence-electron chi connectivity index (χ1n) is 5.64. The Bertz CT molecular complexity index is 582. The topological polar surface area (TPSA) is 67.8 Å². The summed E-state index contributed by atoms with van der Waals surface area (Å²) >= 11 is 3.39. The van der Waals surface area contributed by atoms with Crippen LogP contribution in [0.1, 0.15) is 11.1 Å². The van der Waals surface area contributed by atoms with Crippen molar-refractivity contribution in [2.24, 2.45) is 10.9 Å². The molecule has 2 rings (SSSR count). The molecule has 2 aromatic carbocycles. The SMILES string of the molecule is N/C(=N\O)c1ccc(COc2cccc(Br)c2)cc1. The summed E-state index contributed by atoms with van der Waals surface area (Å²) in [6.45, 7) is 0.465. The molecule has 19 heavy (non-hydrogen) atoms. The van der Waals surface area contributed by atoms with Gasteiger partial charge in [-0.25, -0.2) is 0 Å². The van der Waals surface area contributed by atoms with E-state index in [2.05, 4.69) is 21.1 Å². The summed E-state index contributed by atoms with van der Waals surface area (Å²) in [7, 11) is 0. The zero-order valence-corrected chi connectivity index (χ0v) is 11.7. The van der Waals surface area contributed by atoms with Gasteiger partial charge in [-0.05, 0) is 23.8 Å². The molecule has 0 aliphatic carbocycles. The first-order chi connectivity index (χ1) is 9.19. The molecule has 0 aliphatic rings. The van der Waals surface area contributed by atoms with Crippen molar-refractivity contribution in [3.63, 3.8) is 0 Å². The van der Waals surface area contributed by atoms with E-state index >= 15 is 0 Å². The van der Waals surface area contributed by atoms with Gasteiger partial charge in [0, 0.05) is 10.0 Å². The molecule has 4 nitrogen and oxygen atoms in total. The maximum absolute atomic E-state index is 8.57. The minimum absolute atomic E-state index is 0.0967. The highest BCUT2D eigenvalue weighted by Crippen LogP contribution is 2.19. The largest absolute Gasteiger partial charge is 0.489 e. The van der Waals surface area contributed by atoms with E-state index in [0.29, 0.717) is 12.2 Å². The number of hydrogen-bond acceptors (Lipinski definition) is 3. The standard InChI is InChI=1S/C14H13BrN2O2/c15-12-2-1-3-13(8-12)19-9-10-4-6-11(7-5-10)14(16)17-18/h1-8,18H,9H2,(H2,16,17). The maximum atomic E-state index is 8.57. The smallest absolute Gasteiger partial charge is 0.170 e. The Morgan fingerprint density at radius 2 is 1.95 bits per heavy atom. The Labute approximate surface area is 119 Å². The summed E-state index contributed by atoms with van der Waals surface area (Å²) in [6.07, 6.45) is 0. The molecular weight excluding hydrogens is 308 g/mol. The van der Waals surface area contributed by atoms with Gasteiger partial charge in [0.1, 0.15) is 12.4 Å². The van der Waals surface area contributed by atoms with Crippen LogP contribution in [-0.4, -0.2) is 11.0 Å². The number of oxime groups is 1. The fourth-order valence-electron chi connectivity index (χ4n) is 1.55. The Balaban J connectivity index is 2.00. The molecule has 0 spiro atoms. The Morgan fingerprint density at radius 1 is 1.21 bits per heavy atom. The molecule has 0 unspecified atom stereocenters. The highest BCUT2D eigenvalue weighted by Gasteiger charge is 2.00. The van der Waals surface area contributed by atoms with Gasteiger partial charge in [0.25, 0.3) is 0 Å². The number of ether oxygens (including phenoxy) is 1. The lowest BCUT2D eigenvalue weighted by molar-refractivity contribution is 0.306. The van der Waals surface area contributed by atoms with Crippen LogP contribution in [0.2, 0.25) is 0 Å². The highest BCUT2D eigenvalue weighted by atomic mass is 79.9. The fourth-order valence-corrected chi connectivity index (χ4v) is 1.93. The van der Waals surface area contributed by atoms with Crippen LogP contribution < -0.4 is 10.5 Å². The van der Waals surface area contributed by atoms with Gasteiger partial charge in [0.05, 0.1) is 0 Å². The van der Waals surface area contributed by atoms with Crippen LogP contribution in [0.4, 0.5) is 0 Å². The van der Waals surface area contributed by atoms with Gasteiger partial charge >= 0.3 is 0 Å². The van der Waals surface area contributed by atoms with E-state index in [1.54, 1.807) is 12.1 Å². The number of nitrogens with two attached hydrogens (primary N) is 1. The van der Waals surface area contributed by atoms with Crippen molar-refractivity contribution in [3.05, 3.63) is 64.1 Å². The summed E-state index contributed by atoms with van der Waals surface area (Å²) in [6, 6.07) is 15.0. The lowest BCUT2D eigenvalue weighted by Gasteiger charge is -2.07. The van der Waals surface area contributed by atoms with E-state index in [1.807, 2.05) is 36.4 Å². The minimum Gasteiger partial charge on any atom is -0.489 e. The number of rotatable bonds is 4. The van der Waals surface area contributed by atoms with Crippen molar-refractivity contribution >= 4 is 21.8 Å². The van der Waals surface area contributed by atoms with Gasteiger partial charge in [0.15, 0.2) is 5.84 Å². The third-order valence-electron chi connectivity index (χ3n) is 2.56. The molecule has 0 amide bonds. The number of benzene rings is 2. The van der Waals surface area contributed by atoms with Crippen LogP contribution in [0.3, 0.4) is 0 Å². The van der Waals surface area contributed by atoms with E-state index in [0.717, 1.165) is 15.8 Å². The Hall–Kier alpha value is -2.01. The van der Waals surface area contributed by atoms with Gasteiger partial charge in [-0.2, -0.15) is 0 Å². The first-order valence-corrected chi connectivity index (χ1v) is 6.43. The van der Waals surface area contributed by atoms with Gasteiger partial charge in [0.2, 0.25) is 0 Å². The highest BCUT2D eigenvalue weighted by molar-refractivity contribution is 9.10. The molecule has 0 saturated carbocycles. The number of hydrogen-bond donors (Lipinski definition) is 2. The molecule has 0 fully saturated rings. The quantitative estimate of drug-likeness (QED) is 0.393. The van der Waals surface area contributed by atoms with Gasteiger partial charge in [-0.15, -0.1) is 0 Å². The molecule has 0 aromatic heterocycles. The number of nitrogens with zero attached hydrogens (tertiary/aromatic N) is 1. The molecule has 0 bridgehead atoms. The van der Waals surface area contributed by atoms with Crippen LogP contribution >= 0.6 is 15.9 Å². The van der Waals surface area contributed by atoms with Crippen LogP contribution in [0.5, 0.6) is 5.75 Å². The van der Waals surface area contributed by atoms with Crippen LogP contribution in [0, 0.1) is 0 Å². The summed E-state index contributed by atoms with van der Waals surface area (Å²) in [5.74, 6) is 0.898. The average molecular weight is 321 g/mol. The molecule has 0 radical (unpaired) electrons. The second kappa shape index (κ2) is 6.24. The van der Waals surface area contributed by atoms with E-state index in [4.69, 9.17) is 15.7 Å². The lowest BCUT2D eigenvalue weighted by Crippen LogP contribution is -2.12. The van der Waals surface area contributed by atoms with Crippen LogP contribution in [0.15, 0.2) is 58.2 Å². The van der Waals surface area contributed by atoms with Gasteiger partial charge < -0.3 is 15.7 Å². The molecule has 2 aromatic rings. The molecule has 0 heterocycles. The summed E-state index contributed by atoms with van der Waals surface area (Å²) in [5, 5.41) is 11.5. The van der Waals surface area contributed by atoms with Crippen molar-refractivity contribution in [2.75, 3.05) is 0 Å². The zero-order valence-electron chi connectivity index (χ0n) is 10.1. The van der Waals surface area contributed by atoms with E-state index < -0.39 is 0 Å². The third-order valence-corrected chi connectivity index (χ3v) is 3.05. The van der Waals surface area contributed by atoms with Crippen molar-refractivity contribution in [1.82, 2.24) is 0 Å². The first kappa shape index (κ1) is 13.4. The molecule has 3 N–H and O–H groups in total. The Morgan fingerprint density at radius 3 is 2.58 bits per heavy atom. The van der Waals surface area contributed by atoms with Gasteiger partial charge in [-0.3, -0.25) is 0 Å². The molecular formula is C14H13BrN2O2. The molecule has 0 saturated heterocycles. The molecule has 5 heteroatoms. The predicted molar refractivity (Wildman–Crippen MR) is 77.4 cm³/mol. The summed E-state index contributed by atoms with van der Waals surface area (Å²) < 4.78 is 6.64. The van der Waals surface area contributed by atoms with Crippen molar-refractivity contribution < 1.29 is 9.94 Å². The Kier molecular flexibility index (Phi) is 4.41.